The van der Waals surface area contributed by atoms with Crippen molar-refractivity contribution in [1.29, 1.82) is 0 Å². The van der Waals surface area contributed by atoms with Crippen LogP contribution in [0, 0.1) is 5.82 Å². The Morgan fingerprint density at radius 2 is 1.83 bits per heavy atom. The molecule has 18 heavy (non-hydrogen) atoms. The first-order chi connectivity index (χ1) is 8.59. The average Bonchev–Trinajstić information content (AvgIpc) is 2.38. The van der Waals surface area contributed by atoms with E-state index in [2.05, 4.69) is 0 Å². The van der Waals surface area contributed by atoms with E-state index in [9.17, 15) is 9.18 Å². The number of carbonyl (C=O) groups excluding carboxylic acids is 1. The highest BCUT2D eigenvalue weighted by Crippen LogP contribution is 2.25. The van der Waals surface area contributed by atoms with Gasteiger partial charge in [0.25, 0.3) is 0 Å². The summed E-state index contributed by atoms with van der Waals surface area (Å²) in [5.41, 5.74) is 7.14. The molecule has 0 fully saturated rings. The van der Waals surface area contributed by atoms with Gasteiger partial charge in [-0.3, -0.25) is 4.79 Å². The summed E-state index contributed by atoms with van der Waals surface area (Å²) >= 11 is 0. The van der Waals surface area contributed by atoms with Crippen LogP contribution in [0.3, 0.4) is 0 Å². The third-order valence-electron chi connectivity index (χ3n) is 3.00. The number of carbonyl (C=O) groups is 1. The molecule has 0 spiro atoms. The molecular weight excluding hydrogens is 229 g/mol. The fourth-order valence-electron chi connectivity index (χ4n) is 1.82. The molecule has 3 heteroatoms. The second-order valence-corrected chi connectivity index (χ2v) is 4.23. The van der Waals surface area contributed by atoms with Crippen molar-refractivity contribution in [2.24, 2.45) is 5.73 Å². The summed E-state index contributed by atoms with van der Waals surface area (Å²) in [5.74, 6) is -1.28. The van der Waals surface area contributed by atoms with Crippen molar-refractivity contribution in [3.63, 3.8) is 0 Å². The van der Waals surface area contributed by atoms with E-state index in [4.69, 9.17) is 5.73 Å². The number of rotatable bonds is 3. The van der Waals surface area contributed by atoms with Crippen LogP contribution in [0.1, 0.15) is 18.4 Å². The molecule has 2 aromatic rings. The Balaban J connectivity index is 2.40. The number of halogens is 1. The van der Waals surface area contributed by atoms with Crippen molar-refractivity contribution in [1.82, 2.24) is 0 Å². The lowest BCUT2D eigenvalue weighted by Gasteiger charge is -2.10. The third-order valence-corrected chi connectivity index (χ3v) is 3.00. The van der Waals surface area contributed by atoms with Crippen LogP contribution in [-0.4, -0.2) is 5.91 Å². The van der Waals surface area contributed by atoms with Gasteiger partial charge in [-0.25, -0.2) is 4.39 Å². The smallest absolute Gasteiger partial charge is 0.224 e. The van der Waals surface area contributed by atoms with Crippen LogP contribution < -0.4 is 5.73 Å². The third kappa shape index (κ3) is 2.40. The molecule has 0 unspecified atom stereocenters. The quantitative estimate of drug-likeness (QED) is 0.884. The monoisotopic (exact) mass is 243 g/mol. The molecule has 2 aromatic carbocycles. The standard InChI is InChI=1S/C15H14FNO/c1-10(15(17)18)12-7-8-13(14(16)9-12)11-5-3-2-4-6-11/h2-10H,1H3,(H2,17,18)/t10-/m1/s1. The maximum absolute atomic E-state index is 14.0. The Morgan fingerprint density at radius 3 is 2.39 bits per heavy atom. The van der Waals surface area contributed by atoms with Crippen LogP contribution >= 0.6 is 0 Å². The van der Waals surface area contributed by atoms with Crippen LogP contribution in [0.5, 0.6) is 0 Å². The Hall–Kier alpha value is -2.16. The molecule has 1 amide bonds. The first kappa shape index (κ1) is 12.3. The van der Waals surface area contributed by atoms with Gasteiger partial charge in [0.15, 0.2) is 0 Å². The molecule has 92 valence electrons. The van der Waals surface area contributed by atoms with E-state index in [1.54, 1.807) is 19.1 Å². The van der Waals surface area contributed by atoms with Crippen LogP contribution in [0.25, 0.3) is 11.1 Å². The van der Waals surface area contributed by atoms with Crippen molar-refractivity contribution < 1.29 is 9.18 Å². The minimum Gasteiger partial charge on any atom is -0.369 e. The normalized spacial score (nSPS) is 12.1. The topological polar surface area (TPSA) is 43.1 Å². The second kappa shape index (κ2) is 5.00. The summed E-state index contributed by atoms with van der Waals surface area (Å²) in [7, 11) is 0. The van der Waals surface area contributed by atoms with Crippen LogP contribution in [0.4, 0.5) is 4.39 Å². The highest BCUT2D eigenvalue weighted by Gasteiger charge is 2.14. The molecule has 0 aliphatic heterocycles. The lowest BCUT2D eigenvalue weighted by atomic mass is 9.96. The van der Waals surface area contributed by atoms with E-state index >= 15 is 0 Å². The predicted molar refractivity (Wildman–Crippen MR) is 69.4 cm³/mol. The molecule has 0 aliphatic rings. The number of benzene rings is 2. The summed E-state index contributed by atoms with van der Waals surface area (Å²) in [6.45, 7) is 1.67. The Kier molecular flexibility index (Phi) is 3.42. The van der Waals surface area contributed by atoms with Crippen molar-refractivity contribution in [2.45, 2.75) is 12.8 Å². The molecule has 0 saturated heterocycles. The largest absolute Gasteiger partial charge is 0.369 e. The fourth-order valence-corrected chi connectivity index (χ4v) is 1.82. The Bertz CT molecular complexity index is 566. The van der Waals surface area contributed by atoms with E-state index in [1.807, 2.05) is 30.3 Å². The molecule has 0 bridgehead atoms. The van der Waals surface area contributed by atoms with Crippen molar-refractivity contribution in [3.8, 4) is 11.1 Å². The van der Waals surface area contributed by atoms with E-state index in [0.717, 1.165) is 5.56 Å². The molecular formula is C15H14FNO. The van der Waals surface area contributed by atoms with Crippen LogP contribution in [0.2, 0.25) is 0 Å². The molecule has 2 nitrogen and oxygen atoms in total. The minimum absolute atomic E-state index is 0.341. The first-order valence-electron chi connectivity index (χ1n) is 5.74. The molecule has 0 aliphatic carbocycles. The Morgan fingerprint density at radius 1 is 1.17 bits per heavy atom. The van der Waals surface area contributed by atoms with Gasteiger partial charge in [0, 0.05) is 5.56 Å². The van der Waals surface area contributed by atoms with Gasteiger partial charge < -0.3 is 5.73 Å². The molecule has 0 aromatic heterocycles. The van der Waals surface area contributed by atoms with Gasteiger partial charge in [-0.15, -0.1) is 0 Å². The van der Waals surface area contributed by atoms with Crippen molar-refractivity contribution >= 4 is 5.91 Å². The van der Waals surface area contributed by atoms with Gasteiger partial charge in [0.2, 0.25) is 5.91 Å². The summed E-state index contributed by atoms with van der Waals surface area (Å²) in [5, 5.41) is 0. The maximum atomic E-state index is 14.0. The molecule has 0 radical (unpaired) electrons. The highest BCUT2D eigenvalue weighted by atomic mass is 19.1. The lowest BCUT2D eigenvalue weighted by molar-refractivity contribution is -0.119. The van der Waals surface area contributed by atoms with Crippen molar-refractivity contribution in [3.05, 3.63) is 59.9 Å². The van der Waals surface area contributed by atoms with Crippen LogP contribution in [0.15, 0.2) is 48.5 Å². The summed E-state index contributed by atoms with van der Waals surface area (Å²) in [6.07, 6.45) is 0. The molecule has 2 rings (SSSR count). The summed E-state index contributed by atoms with van der Waals surface area (Å²) < 4.78 is 14.0. The lowest BCUT2D eigenvalue weighted by Crippen LogP contribution is -2.18. The molecule has 0 saturated carbocycles. The zero-order valence-corrected chi connectivity index (χ0v) is 10.1. The highest BCUT2D eigenvalue weighted by molar-refractivity contribution is 5.81. The minimum atomic E-state index is -0.482. The van der Waals surface area contributed by atoms with Gasteiger partial charge in [0.1, 0.15) is 5.82 Å². The molecule has 1 atom stereocenters. The van der Waals surface area contributed by atoms with Crippen LogP contribution in [-0.2, 0) is 4.79 Å². The second-order valence-electron chi connectivity index (χ2n) is 4.23. The number of hydrogen-bond acceptors (Lipinski definition) is 1. The van der Waals surface area contributed by atoms with Gasteiger partial charge in [0.05, 0.1) is 5.92 Å². The molecule has 2 N–H and O–H groups in total. The van der Waals surface area contributed by atoms with E-state index < -0.39 is 11.8 Å². The maximum Gasteiger partial charge on any atom is 0.224 e. The molecule has 0 heterocycles. The number of primary amides is 1. The SMILES string of the molecule is C[C@@H](C(N)=O)c1ccc(-c2ccccc2)c(F)c1. The predicted octanol–water partition coefficient (Wildman–Crippen LogP) is 3.08. The van der Waals surface area contributed by atoms with Crippen molar-refractivity contribution in [2.75, 3.05) is 0 Å². The summed E-state index contributed by atoms with van der Waals surface area (Å²) in [4.78, 5) is 11.1. The zero-order chi connectivity index (χ0) is 13.1. The van der Waals surface area contributed by atoms with Gasteiger partial charge >= 0.3 is 0 Å². The number of amides is 1. The zero-order valence-electron chi connectivity index (χ0n) is 10.1. The summed E-state index contributed by atoms with van der Waals surface area (Å²) in [6, 6.07) is 14.1. The van der Waals surface area contributed by atoms with Gasteiger partial charge in [-0.1, -0.05) is 42.5 Å². The van der Waals surface area contributed by atoms with E-state index in [0.29, 0.717) is 11.1 Å². The van der Waals surface area contributed by atoms with E-state index in [1.165, 1.54) is 6.07 Å². The number of hydrogen-bond donors (Lipinski definition) is 1. The Labute approximate surface area is 105 Å². The first-order valence-corrected chi connectivity index (χ1v) is 5.74. The number of nitrogens with two attached hydrogens (primary N) is 1. The van der Waals surface area contributed by atoms with Gasteiger partial charge in [-0.2, -0.15) is 0 Å². The fraction of sp³-hybridized carbons (Fsp3) is 0.133. The van der Waals surface area contributed by atoms with Gasteiger partial charge in [-0.05, 0) is 24.1 Å². The van der Waals surface area contributed by atoms with E-state index in [-0.39, 0.29) is 5.82 Å². The average molecular weight is 243 g/mol.